The second-order valence-corrected chi connectivity index (χ2v) is 6.98. The van der Waals surface area contributed by atoms with Gasteiger partial charge in [-0.3, -0.25) is 14.9 Å². The normalized spacial score (nSPS) is 23.0. The van der Waals surface area contributed by atoms with Gasteiger partial charge in [-0.1, -0.05) is 12.1 Å². The van der Waals surface area contributed by atoms with Gasteiger partial charge >= 0.3 is 5.97 Å². The summed E-state index contributed by atoms with van der Waals surface area (Å²) in [4.78, 5) is 33.7. The Bertz CT molecular complexity index is 726. The predicted octanol–water partition coefficient (Wildman–Crippen LogP) is -0.378. The molecule has 2 heterocycles. The molecule has 1 saturated heterocycles. The largest absolute Gasteiger partial charge is 0.497 e. The molecule has 1 fully saturated rings. The van der Waals surface area contributed by atoms with Crippen molar-refractivity contribution in [2.75, 3.05) is 46.4 Å². The van der Waals surface area contributed by atoms with Gasteiger partial charge in [0.1, 0.15) is 11.8 Å². The second-order valence-electron chi connectivity index (χ2n) is 6.98. The molecule has 0 bridgehead atoms. The fourth-order valence-corrected chi connectivity index (χ4v) is 3.65. The molecule has 0 unspecified atom stereocenters. The Morgan fingerprint density at radius 1 is 1.25 bits per heavy atom. The predicted molar refractivity (Wildman–Crippen MR) is 104 cm³/mol. The molecule has 28 heavy (non-hydrogen) atoms. The average molecular weight is 389 g/mol. The monoisotopic (exact) mass is 389 g/mol. The molecule has 1 aromatic rings. The topological polar surface area (TPSA) is 84.7 Å². The lowest BCUT2D eigenvalue weighted by atomic mass is 9.91. The summed E-state index contributed by atoms with van der Waals surface area (Å²) in [6, 6.07) is 6.68. The third-order valence-corrected chi connectivity index (χ3v) is 5.36. The minimum atomic E-state index is -1.00. The molecule has 1 amide bonds. The van der Waals surface area contributed by atoms with Gasteiger partial charge in [0.2, 0.25) is 11.9 Å². The quantitative estimate of drug-likeness (QED) is 0.530. The second kappa shape index (κ2) is 9.05. The van der Waals surface area contributed by atoms with Crippen LogP contribution in [0.3, 0.4) is 0 Å². The van der Waals surface area contributed by atoms with Gasteiger partial charge in [-0.25, -0.2) is 4.99 Å². The van der Waals surface area contributed by atoms with Gasteiger partial charge in [-0.05, 0) is 31.5 Å². The van der Waals surface area contributed by atoms with Crippen molar-refractivity contribution in [2.45, 2.75) is 19.9 Å². The van der Waals surface area contributed by atoms with Crippen LogP contribution >= 0.6 is 0 Å². The third-order valence-electron chi connectivity index (χ3n) is 5.36. The molecule has 2 N–H and O–H groups in total. The molecule has 0 saturated carbocycles. The summed E-state index contributed by atoms with van der Waals surface area (Å²) in [5, 5.41) is 2.83. The van der Waals surface area contributed by atoms with Crippen LogP contribution in [0.15, 0.2) is 29.3 Å². The number of piperazine rings is 1. The molecule has 1 aromatic carbocycles. The highest BCUT2D eigenvalue weighted by atomic mass is 16.5. The standard InChI is InChI=1S/C20H28N4O4/c1-4-23-10-12-24(13-11-23)20-21-17(14-6-8-15(27-3)9-7-14)16(18(25)22-20)19(26)28-5-2/h6-9,16-17H,4-5,10-13H2,1-3H3,(H,21,22,25)/p+1/t16-,17-/m0/s1. The van der Waals surface area contributed by atoms with Crippen molar-refractivity contribution in [1.29, 1.82) is 0 Å². The molecule has 152 valence electrons. The summed E-state index contributed by atoms with van der Waals surface area (Å²) < 4.78 is 10.4. The molecule has 0 aliphatic carbocycles. The molecule has 8 heteroatoms. The summed E-state index contributed by atoms with van der Waals surface area (Å²) >= 11 is 0. The average Bonchev–Trinajstić information content (AvgIpc) is 2.73. The lowest BCUT2D eigenvalue weighted by Crippen LogP contribution is -3.14. The van der Waals surface area contributed by atoms with Crippen molar-refractivity contribution < 1.29 is 24.0 Å². The molecule has 0 aromatic heterocycles. The van der Waals surface area contributed by atoms with E-state index in [1.807, 2.05) is 24.3 Å². The number of carbonyl (C=O) groups excluding carboxylic acids is 2. The minimum absolute atomic E-state index is 0.219. The highest BCUT2D eigenvalue weighted by Crippen LogP contribution is 2.31. The number of carbonyl (C=O) groups is 2. The lowest BCUT2D eigenvalue weighted by molar-refractivity contribution is -0.902. The van der Waals surface area contributed by atoms with E-state index in [-0.39, 0.29) is 12.5 Å². The van der Waals surface area contributed by atoms with Gasteiger partial charge in [0.15, 0.2) is 5.92 Å². The van der Waals surface area contributed by atoms with Crippen LogP contribution in [0.4, 0.5) is 0 Å². The number of likely N-dealkylation sites (N-methyl/N-ethyl adjacent to an activating group) is 1. The number of nitrogens with one attached hydrogen (secondary N) is 2. The summed E-state index contributed by atoms with van der Waals surface area (Å²) in [7, 11) is 1.60. The van der Waals surface area contributed by atoms with Crippen LogP contribution in [0, 0.1) is 5.92 Å². The van der Waals surface area contributed by atoms with E-state index in [4.69, 9.17) is 14.5 Å². The van der Waals surface area contributed by atoms with Crippen LogP contribution in [0.2, 0.25) is 0 Å². The lowest BCUT2D eigenvalue weighted by Gasteiger charge is -2.37. The summed E-state index contributed by atoms with van der Waals surface area (Å²) in [5.74, 6) is -0.667. The number of rotatable bonds is 5. The molecular weight excluding hydrogens is 360 g/mol. The maximum atomic E-state index is 12.8. The zero-order valence-corrected chi connectivity index (χ0v) is 16.7. The first-order chi connectivity index (χ1) is 13.6. The summed E-state index contributed by atoms with van der Waals surface area (Å²) in [6.07, 6.45) is 0. The highest BCUT2D eigenvalue weighted by Gasteiger charge is 2.42. The Hall–Kier alpha value is -2.61. The van der Waals surface area contributed by atoms with E-state index < -0.39 is 17.9 Å². The number of methoxy groups -OCH3 is 1. The first-order valence-corrected chi connectivity index (χ1v) is 9.85. The maximum absolute atomic E-state index is 12.8. The van der Waals surface area contributed by atoms with E-state index in [2.05, 4.69) is 17.1 Å². The maximum Gasteiger partial charge on any atom is 0.321 e. The molecular formula is C20H29N4O4+. The summed E-state index contributed by atoms with van der Waals surface area (Å²) in [6.45, 7) is 8.85. The number of ether oxygens (including phenoxy) is 2. The van der Waals surface area contributed by atoms with Gasteiger partial charge < -0.3 is 19.3 Å². The number of aliphatic imine (C=N–C) groups is 1. The van der Waals surface area contributed by atoms with E-state index in [0.29, 0.717) is 11.7 Å². The van der Waals surface area contributed by atoms with Crippen molar-refractivity contribution in [3.05, 3.63) is 29.8 Å². The smallest absolute Gasteiger partial charge is 0.321 e. The number of hydrogen-bond acceptors (Lipinski definition) is 6. The van der Waals surface area contributed by atoms with Gasteiger partial charge in [0.05, 0.1) is 46.4 Å². The van der Waals surface area contributed by atoms with Gasteiger partial charge in [0, 0.05) is 0 Å². The number of benzene rings is 1. The van der Waals surface area contributed by atoms with E-state index in [0.717, 1.165) is 38.3 Å². The van der Waals surface area contributed by atoms with Crippen molar-refractivity contribution in [2.24, 2.45) is 10.9 Å². The SMILES string of the molecule is CCOC(=O)[C@@H]1C(=O)NC(N2CC[NH+](CC)CC2)=N[C@H]1c1ccc(OC)cc1. The fourth-order valence-electron chi connectivity index (χ4n) is 3.65. The number of guanidine groups is 1. The Morgan fingerprint density at radius 2 is 1.93 bits per heavy atom. The van der Waals surface area contributed by atoms with Crippen LogP contribution in [0.25, 0.3) is 0 Å². The fraction of sp³-hybridized carbons (Fsp3) is 0.550. The Balaban J connectivity index is 1.90. The van der Waals surface area contributed by atoms with Crippen molar-refractivity contribution in [3.63, 3.8) is 0 Å². The molecule has 2 aliphatic rings. The third kappa shape index (κ3) is 4.27. The van der Waals surface area contributed by atoms with E-state index in [1.165, 1.54) is 4.90 Å². The van der Waals surface area contributed by atoms with Gasteiger partial charge in [-0.15, -0.1) is 0 Å². The van der Waals surface area contributed by atoms with Crippen molar-refractivity contribution in [1.82, 2.24) is 10.2 Å². The van der Waals surface area contributed by atoms with Crippen LogP contribution in [0.1, 0.15) is 25.5 Å². The zero-order chi connectivity index (χ0) is 20.1. The molecule has 2 aliphatic heterocycles. The Kier molecular flexibility index (Phi) is 6.51. The molecule has 8 nitrogen and oxygen atoms in total. The minimum Gasteiger partial charge on any atom is -0.497 e. The van der Waals surface area contributed by atoms with E-state index in [9.17, 15) is 9.59 Å². The number of quaternary nitrogens is 1. The van der Waals surface area contributed by atoms with E-state index >= 15 is 0 Å². The number of esters is 1. The number of nitrogens with zero attached hydrogens (tertiary/aromatic N) is 2. The Labute approximate surface area is 165 Å². The molecule has 0 radical (unpaired) electrons. The van der Waals surface area contributed by atoms with E-state index in [1.54, 1.807) is 14.0 Å². The molecule has 2 atom stereocenters. The van der Waals surface area contributed by atoms with Gasteiger partial charge in [0.25, 0.3) is 0 Å². The highest BCUT2D eigenvalue weighted by molar-refractivity contribution is 6.08. The van der Waals surface area contributed by atoms with Gasteiger partial charge in [-0.2, -0.15) is 0 Å². The summed E-state index contributed by atoms with van der Waals surface area (Å²) in [5.41, 5.74) is 0.782. The van der Waals surface area contributed by atoms with Crippen LogP contribution in [0.5, 0.6) is 5.75 Å². The molecule has 3 rings (SSSR count). The zero-order valence-electron chi connectivity index (χ0n) is 16.7. The van der Waals surface area contributed by atoms with Crippen LogP contribution in [-0.2, 0) is 14.3 Å². The molecule has 0 spiro atoms. The number of amides is 1. The first kappa shape index (κ1) is 20.1. The van der Waals surface area contributed by atoms with Crippen molar-refractivity contribution in [3.8, 4) is 5.75 Å². The number of hydrogen-bond donors (Lipinski definition) is 2. The Morgan fingerprint density at radius 3 is 2.50 bits per heavy atom. The van der Waals surface area contributed by atoms with Crippen LogP contribution in [-0.4, -0.2) is 69.2 Å². The van der Waals surface area contributed by atoms with Crippen molar-refractivity contribution >= 4 is 17.8 Å². The van der Waals surface area contributed by atoms with Crippen LogP contribution < -0.4 is 15.0 Å². The first-order valence-electron chi connectivity index (χ1n) is 9.85.